The van der Waals surface area contributed by atoms with Crippen LogP contribution in [0.2, 0.25) is 0 Å². The van der Waals surface area contributed by atoms with Gasteiger partial charge in [-0.1, -0.05) is 200 Å². The highest BCUT2D eigenvalue weighted by atomic mass is 16.3. The lowest BCUT2D eigenvalue weighted by Gasteiger charge is -2.10. The van der Waals surface area contributed by atoms with Crippen LogP contribution >= 0.6 is 0 Å². The molecule has 0 saturated heterocycles. The fourth-order valence-corrected chi connectivity index (χ4v) is 7.34. The topological polar surface area (TPSA) is 51.8 Å². The third-order valence-electron chi connectivity index (χ3n) is 10.2. The number of fused-ring (bicyclic) bond motifs is 3. The summed E-state index contributed by atoms with van der Waals surface area (Å²) in [4.78, 5) is 14.9. The number of nitrogens with zero attached hydrogens (tertiary/aromatic N) is 3. The maximum absolute atomic E-state index is 6.79. The summed E-state index contributed by atoms with van der Waals surface area (Å²) in [7, 11) is 0. The summed E-state index contributed by atoms with van der Waals surface area (Å²) in [6.07, 6.45) is 0. The van der Waals surface area contributed by atoms with Gasteiger partial charge in [0.15, 0.2) is 17.5 Å². The largest absolute Gasteiger partial charge is 0.455 e. The molecule has 0 unspecified atom stereocenters. The van der Waals surface area contributed by atoms with Crippen molar-refractivity contribution < 1.29 is 4.42 Å². The van der Waals surface area contributed by atoms with Crippen molar-refractivity contribution in [2.24, 2.45) is 0 Å². The lowest BCUT2D eigenvalue weighted by molar-refractivity contribution is 0.671. The highest BCUT2D eigenvalue weighted by Crippen LogP contribution is 2.40. The van der Waals surface area contributed by atoms with Crippen molar-refractivity contribution in [1.29, 1.82) is 0 Å². The van der Waals surface area contributed by atoms with Gasteiger partial charge in [-0.25, -0.2) is 15.0 Å². The molecule has 0 fully saturated rings. The molecule has 0 bridgehead atoms. The molecule has 0 atom stereocenters. The summed E-state index contributed by atoms with van der Waals surface area (Å²) >= 11 is 0. The normalized spacial score (nSPS) is 11.3. The van der Waals surface area contributed by atoms with Crippen molar-refractivity contribution in [2.45, 2.75) is 0 Å². The Balaban J connectivity index is 1.01. The first kappa shape index (κ1) is 32.2. The van der Waals surface area contributed by atoms with Crippen LogP contribution in [0.4, 0.5) is 0 Å². The lowest BCUT2D eigenvalue weighted by Crippen LogP contribution is -2.00. The van der Waals surface area contributed by atoms with Crippen LogP contribution in [0.15, 0.2) is 205 Å². The van der Waals surface area contributed by atoms with Crippen LogP contribution < -0.4 is 0 Å². The van der Waals surface area contributed by atoms with Gasteiger partial charge in [0.05, 0.1) is 0 Å². The molecular weight excluding hydrogens is 671 g/mol. The van der Waals surface area contributed by atoms with Gasteiger partial charge in [-0.2, -0.15) is 0 Å². The first-order chi connectivity index (χ1) is 27.2. The molecule has 10 aromatic rings. The second-order valence-electron chi connectivity index (χ2n) is 13.6. The molecule has 4 heteroatoms. The minimum Gasteiger partial charge on any atom is -0.455 e. The molecule has 10 rings (SSSR count). The van der Waals surface area contributed by atoms with E-state index in [1.54, 1.807) is 0 Å². The van der Waals surface area contributed by atoms with Crippen molar-refractivity contribution >= 4 is 21.9 Å². The first-order valence-electron chi connectivity index (χ1n) is 18.4. The van der Waals surface area contributed by atoms with E-state index in [1.807, 2.05) is 42.5 Å². The van der Waals surface area contributed by atoms with E-state index in [0.717, 1.165) is 66.4 Å². The standard InChI is InChI=1S/C51H33N3O/c1-4-12-34(13-5-1)36-22-26-38(27-23-36)43-18-10-20-45-46-21-11-19-44(48(46)55-47(43)45)39-28-32-42(33-29-39)51-53-49(40-16-8-3-9-17-40)52-50(54-51)41-30-24-37(25-31-41)35-14-6-2-7-15-35/h1-33H. The van der Waals surface area contributed by atoms with Crippen molar-refractivity contribution in [3.8, 4) is 78.7 Å². The zero-order valence-corrected chi connectivity index (χ0v) is 29.8. The van der Waals surface area contributed by atoms with Crippen LogP contribution in [0, 0.1) is 0 Å². The van der Waals surface area contributed by atoms with Gasteiger partial charge in [0.1, 0.15) is 11.2 Å². The summed E-state index contributed by atoms with van der Waals surface area (Å²) in [6.45, 7) is 0. The van der Waals surface area contributed by atoms with E-state index in [2.05, 4.69) is 158 Å². The molecular formula is C51H33N3O. The molecule has 8 aromatic carbocycles. The maximum Gasteiger partial charge on any atom is 0.164 e. The maximum atomic E-state index is 6.79. The Morgan fingerprint density at radius 2 is 0.527 bits per heavy atom. The third kappa shape index (κ3) is 6.16. The predicted molar refractivity (Wildman–Crippen MR) is 225 cm³/mol. The number of furan rings is 1. The lowest BCUT2D eigenvalue weighted by atomic mass is 9.98. The van der Waals surface area contributed by atoms with Crippen molar-refractivity contribution in [2.75, 3.05) is 0 Å². The summed E-state index contributed by atoms with van der Waals surface area (Å²) in [5, 5.41) is 2.19. The average molecular weight is 704 g/mol. The Hall–Kier alpha value is -7.43. The van der Waals surface area contributed by atoms with Crippen LogP contribution in [0.5, 0.6) is 0 Å². The second kappa shape index (κ2) is 13.8. The summed E-state index contributed by atoms with van der Waals surface area (Å²) in [5.41, 5.74) is 13.5. The minimum absolute atomic E-state index is 0.618. The molecule has 0 aliphatic heterocycles. The Bertz CT molecular complexity index is 2920. The third-order valence-corrected chi connectivity index (χ3v) is 10.2. The fourth-order valence-electron chi connectivity index (χ4n) is 7.34. The molecule has 2 aromatic heterocycles. The molecule has 258 valence electrons. The van der Waals surface area contributed by atoms with E-state index in [4.69, 9.17) is 19.4 Å². The van der Waals surface area contributed by atoms with Gasteiger partial charge in [0, 0.05) is 38.6 Å². The quantitative estimate of drug-likeness (QED) is 0.166. The Morgan fingerprint density at radius 1 is 0.236 bits per heavy atom. The van der Waals surface area contributed by atoms with Crippen molar-refractivity contribution in [1.82, 2.24) is 15.0 Å². The highest BCUT2D eigenvalue weighted by molar-refractivity contribution is 6.13. The molecule has 2 heterocycles. The fraction of sp³-hybridized carbons (Fsp3) is 0. The predicted octanol–water partition coefficient (Wildman–Crippen LogP) is 13.4. The van der Waals surface area contributed by atoms with E-state index in [1.165, 1.54) is 16.7 Å². The van der Waals surface area contributed by atoms with E-state index in [9.17, 15) is 0 Å². The molecule has 0 N–H and O–H groups in total. The Morgan fingerprint density at radius 3 is 0.909 bits per heavy atom. The molecule has 55 heavy (non-hydrogen) atoms. The number of hydrogen-bond acceptors (Lipinski definition) is 4. The van der Waals surface area contributed by atoms with Gasteiger partial charge in [-0.05, 0) is 33.4 Å². The van der Waals surface area contributed by atoms with Crippen LogP contribution in [0.25, 0.3) is 101 Å². The first-order valence-corrected chi connectivity index (χ1v) is 18.4. The average Bonchev–Trinajstić information content (AvgIpc) is 3.67. The van der Waals surface area contributed by atoms with E-state index < -0.39 is 0 Å². The van der Waals surface area contributed by atoms with Gasteiger partial charge in [0.25, 0.3) is 0 Å². The number of para-hydroxylation sites is 2. The smallest absolute Gasteiger partial charge is 0.164 e. The summed E-state index contributed by atoms with van der Waals surface area (Å²) in [6, 6.07) is 69.2. The zero-order valence-electron chi connectivity index (χ0n) is 29.8. The number of benzene rings is 8. The van der Waals surface area contributed by atoms with E-state index >= 15 is 0 Å². The zero-order chi connectivity index (χ0) is 36.6. The van der Waals surface area contributed by atoms with Crippen LogP contribution in [-0.4, -0.2) is 15.0 Å². The second-order valence-corrected chi connectivity index (χ2v) is 13.6. The van der Waals surface area contributed by atoms with Gasteiger partial charge in [-0.3, -0.25) is 0 Å². The van der Waals surface area contributed by atoms with Gasteiger partial charge in [0.2, 0.25) is 0 Å². The van der Waals surface area contributed by atoms with Crippen LogP contribution in [0.3, 0.4) is 0 Å². The molecule has 0 amide bonds. The molecule has 0 radical (unpaired) electrons. The molecule has 0 aliphatic rings. The summed E-state index contributed by atoms with van der Waals surface area (Å²) in [5.74, 6) is 1.88. The van der Waals surface area contributed by atoms with E-state index in [0.29, 0.717) is 17.5 Å². The Labute approximate surface area is 319 Å². The van der Waals surface area contributed by atoms with Crippen LogP contribution in [-0.2, 0) is 0 Å². The SMILES string of the molecule is c1ccc(-c2ccc(-c3nc(-c4ccccc4)nc(-c4ccc(-c5cccc6c5oc5c(-c7ccc(-c8ccccc8)cc7)cccc56)cc4)n3)cc2)cc1. The number of aromatic nitrogens is 3. The molecule has 0 aliphatic carbocycles. The van der Waals surface area contributed by atoms with Gasteiger partial charge in [-0.15, -0.1) is 0 Å². The Kier molecular flexibility index (Phi) is 8.12. The molecule has 0 spiro atoms. The highest BCUT2D eigenvalue weighted by Gasteiger charge is 2.17. The molecule has 0 saturated carbocycles. The summed E-state index contributed by atoms with van der Waals surface area (Å²) < 4.78 is 6.79. The van der Waals surface area contributed by atoms with Gasteiger partial charge < -0.3 is 4.42 Å². The van der Waals surface area contributed by atoms with Crippen LogP contribution in [0.1, 0.15) is 0 Å². The minimum atomic E-state index is 0.618. The van der Waals surface area contributed by atoms with Crippen molar-refractivity contribution in [3.05, 3.63) is 200 Å². The monoisotopic (exact) mass is 703 g/mol. The number of hydrogen-bond donors (Lipinski definition) is 0. The van der Waals surface area contributed by atoms with Gasteiger partial charge >= 0.3 is 0 Å². The number of rotatable bonds is 7. The van der Waals surface area contributed by atoms with Crippen molar-refractivity contribution in [3.63, 3.8) is 0 Å². The van der Waals surface area contributed by atoms with E-state index in [-0.39, 0.29) is 0 Å². The molecule has 4 nitrogen and oxygen atoms in total.